The van der Waals surface area contributed by atoms with Gasteiger partial charge in [0.05, 0.1) is 5.69 Å². The monoisotopic (exact) mass is 289 g/mol. The van der Waals surface area contributed by atoms with Crippen LogP contribution in [0.1, 0.15) is 43.4 Å². The van der Waals surface area contributed by atoms with Crippen LogP contribution in [-0.2, 0) is 11.8 Å². The highest BCUT2D eigenvalue weighted by atomic mass is 16.4. The molecule has 0 amide bonds. The smallest absolute Gasteiger partial charge is 0.328 e. The maximum absolute atomic E-state index is 10.8. The van der Waals surface area contributed by atoms with Crippen LogP contribution in [0, 0.1) is 12.8 Å². The first-order valence-corrected chi connectivity index (χ1v) is 7.79. The van der Waals surface area contributed by atoms with Crippen molar-refractivity contribution >= 4 is 17.9 Å². The van der Waals surface area contributed by atoms with Crippen LogP contribution in [0.3, 0.4) is 0 Å². The van der Waals surface area contributed by atoms with E-state index >= 15 is 0 Å². The summed E-state index contributed by atoms with van der Waals surface area (Å²) in [6, 6.07) is 0.602. The van der Waals surface area contributed by atoms with E-state index in [-0.39, 0.29) is 0 Å². The molecule has 2 atom stereocenters. The number of carbonyl (C=O) groups is 1. The lowest BCUT2D eigenvalue weighted by Crippen LogP contribution is -2.43. The Balaban J connectivity index is 1.99. The first-order valence-electron chi connectivity index (χ1n) is 7.79. The molecular weight excluding hydrogens is 266 g/mol. The maximum atomic E-state index is 10.8. The molecule has 1 saturated heterocycles. The number of hydrogen-bond donors (Lipinski definition) is 1. The number of aromatic nitrogens is 2. The fraction of sp³-hybridized carbons (Fsp3) is 0.625. The highest BCUT2D eigenvalue weighted by molar-refractivity contribution is 5.87. The van der Waals surface area contributed by atoms with E-state index in [1.807, 2.05) is 18.7 Å². The minimum Gasteiger partial charge on any atom is -0.478 e. The molecular formula is C16H23N3O2. The summed E-state index contributed by atoms with van der Waals surface area (Å²) in [5, 5.41) is 13.4. The van der Waals surface area contributed by atoms with Gasteiger partial charge in [0, 0.05) is 31.3 Å². The Labute approximate surface area is 125 Å². The van der Waals surface area contributed by atoms with Crippen molar-refractivity contribution in [3.8, 4) is 0 Å². The average Bonchev–Trinajstić information content (AvgIpc) is 3.00. The van der Waals surface area contributed by atoms with Gasteiger partial charge in [-0.25, -0.2) is 4.79 Å². The average molecular weight is 289 g/mol. The van der Waals surface area contributed by atoms with E-state index in [1.165, 1.54) is 38.2 Å². The number of aliphatic carboxylic acids is 1. The van der Waals surface area contributed by atoms with Gasteiger partial charge in [0.15, 0.2) is 0 Å². The quantitative estimate of drug-likeness (QED) is 0.869. The highest BCUT2D eigenvalue weighted by Gasteiger charge is 2.37. The van der Waals surface area contributed by atoms with Crippen LogP contribution in [0.5, 0.6) is 0 Å². The molecule has 5 heteroatoms. The lowest BCUT2D eigenvalue weighted by Gasteiger charge is -2.39. The third kappa shape index (κ3) is 2.57. The predicted octanol–water partition coefficient (Wildman–Crippen LogP) is 2.60. The third-order valence-electron chi connectivity index (χ3n) is 4.90. The minimum absolute atomic E-state index is 0.602. The van der Waals surface area contributed by atoms with Gasteiger partial charge in [-0.3, -0.25) is 4.68 Å². The number of nitrogens with zero attached hydrogens (tertiary/aromatic N) is 3. The summed E-state index contributed by atoms with van der Waals surface area (Å²) in [5.74, 6) is 0.966. The number of hydrogen-bond acceptors (Lipinski definition) is 3. The lowest BCUT2D eigenvalue weighted by molar-refractivity contribution is -0.131. The lowest BCUT2D eigenvalue weighted by atomic mass is 9.91. The van der Waals surface area contributed by atoms with Crippen molar-refractivity contribution in [2.24, 2.45) is 13.0 Å². The van der Waals surface area contributed by atoms with E-state index in [9.17, 15) is 4.79 Å². The van der Waals surface area contributed by atoms with E-state index in [1.54, 1.807) is 6.08 Å². The molecule has 0 aromatic carbocycles. The van der Waals surface area contributed by atoms with Crippen molar-refractivity contribution in [2.45, 2.75) is 45.1 Å². The molecule has 0 bridgehead atoms. The molecule has 5 nitrogen and oxygen atoms in total. The van der Waals surface area contributed by atoms with E-state index in [4.69, 9.17) is 5.11 Å². The molecule has 1 aliphatic carbocycles. The normalized spacial score (nSPS) is 25.5. The topological polar surface area (TPSA) is 58.4 Å². The molecule has 1 aliphatic heterocycles. The van der Waals surface area contributed by atoms with Gasteiger partial charge in [-0.2, -0.15) is 5.10 Å². The summed E-state index contributed by atoms with van der Waals surface area (Å²) < 4.78 is 1.91. The highest BCUT2D eigenvalue weighted by Crippen LogP contribution is 2.40. The van der Waals surface area contributed by atoms with Gasteiger partial charge in [-0.1, -0.05) is 6.42 Å². The zero-order valence-electron chi connectivity index (χ0n) is 12.7. The fourth-order valence-corrected chi connectivity index (χ4v) is 4.07. The first-order chi connectivity index (χ1) is 10.1. The van der Waals surface area contributed by atoms with Gasteiger partial charge in [-0.05, 0) is 44.6 Å². The Kier molecular flexibility index (Phi) is 3.74. The third-order valence-corrected chi connectivity index (χ3v) is 4.90. The number of carboxylic acid groups (broad SMARTS) is 1. The fourth-order valence-electron chi connectivity index (χ4n) is 4.07. The number of rotatable bonds is 3. The van der Waals surface area contributed by atoms with Crippen LogP contribution < -0.4 is 4.90 Å². The summed E-state index contributed by atoms with van der Waals surface area (Å²) in [6.07, 6.45) is 9.34. The molecule has 3 rings (SSSR count). The van der Waals surface area contributed by atoms with Gasteiger partial charge in [0.25, 0.3) is 0 Å². The van der Waals surface area contributed by atoms with Gasteiger partial charge < -0.3 is 10.0 Å². The first kappa shape index (κ1) is 14.2. The van der Waals surface area contributed by atoms with Crippen molar-refractivity contribution in [3.05, 3.63) is 17.3 Å². The second-order valence-corrected chi connectivity index (χ2v) is 6.21. The van der Waals surface area contributed by atoms with Crippen LogP contribution in [-0.4, -0.2) is 33.4 Å². The second-order valence-electron chi connectivity index (χ2n) is 6.21. The number of aryl methyl sites for hydroxylation is 2. The molecule has 1 aromatic rings. The van der Waals surface area contributed by atoms with Crippen LogP contribution in [0.25, 0.3) is 6.08 Å². The number of fused-ring (bicyclic) bond motifs is 1. The van der Waals surface area contributed by atoms with Crippen LogP contribution >= 0.6 is 0 Å². The molecule has 2 aliphatic rings. The summed E-state index contributed by atoms with van der Waals surface area (Å²) in [5.41, 5.74) is 1.84. The summed E-state index contributed by atoms with van der Waals surface area (Å²) in [6.45, 7) is 3.00. The second kappa shape index (κ2) is 5.54. The molecule has 2 fully saturated rings. The SMILES string of the molecule is Cc1nn(C)c(N2CCCC3CCCC32)c1C=CC(=O)O. The zero-order chi connectivity index (χ0) is 15.0. The Bertz CT molecular complexity index is 576. The van der Waals surface area contributed by atoms with Crippen molar-refractivity contribution in [3.63, 3.8) is 0 Å². The zero-order valence-corrected chi connectivity index (χ0v) is 12.7. The Morgan fingerprint density at radius 1 is 1.33 bits per heavy atom. The van der Waals surface area contributed by atoms with Crippen LogP contribution in [0.15, 0.2) is 6.08 Å². The molecule has 0 spiro atoms. The van der Waals surface area contributed by atoms with Crippen molar-refractivity contribution in [2.75, 3.05) is 11.4 Å². The molecule has 2 unspecified atom stereocenters. The standard InChI is InChI=1S/C16H23N3O2/c1-11-13(8-9-15(20)21)16(18(2)17-11)19-10-4-6-12-5-3-7-14(12)19/h8-9,12,14H,3-7,10H2,1-2H3,(H,20,21). The largest absolute Gasteiger partial charge is 0.478 e. The van der Waals surface area contributed by atoms with E-state index in [0.29, 0.717) is 6.04 Å². The minimum atomic E-state index is -0.915. The van der Waals surface area contributed by atoms with Crippen molar-refractivity contribution in [1.82, 2.24) is 9.78 Å². The van der Waals surface area contributed by atoms with Gasteiger partial charge in [0.1, 0.15) is 5.82 Å². The number of anilines is 1. The van der Waals surface area contributed by atoms with Gasteiger partial charge in [-0.15, -0.1) is 0 Å². The van der Waals surface area contributed by atoms with Crippen molar-refractivity contribution < 1.29 is 9.90 Å². The van der Waals surface area contributed by atoms with Gasteiger partial charge in [0.2, 0.25) is 0 Å². The van der Waals surface area contributed by atoms with E-state index in [2.05, 4.69) is 10.00 Å². The molecule has 114 valence electrons. The Morgan fingerprint density at radius 3 is 2.86 bits per heavy atom. The molecule has 2 heterocycles. The van der Waals surface area contributed by atoms with Crippen LogP contribution in [0.4, 0.5) is 5.82 Å². The molecule has 1 saturated carbocycles. The maximum Gasteiger partial charge on any atom is 0.328 e. The Hall–Kier alpha value is -1.78. The van der Waals surface area contributed by atoms with Crippen molar-refractivity contribution in [1.29, 1.82) is 0 Å². The number of carboxylic acids is 1. The summed E-state index contributed by atoms with van der Waals surface area (Å²) in [4.78, 5) is 13.3. The molecule has 1 aromatic heterocycles. The summed E-state index contributed by atoms with van der Waals surface area (Å²) >= 11 is 0. The predicted molar refractivity (Wildman–Crippen MR) is 82.3 cm³/mol. The van der Waals surface area contributed by atoms with Crippen LogP contribution in [0.2, 0.25) is 0 Å². The molecule has 1 N–H and O–H groups in total. The molecule has 0 radical (unpaired) electrons. The molecule has 21 heavy (non-hydrogen) atoms. The van der Waals surface area contributed by atoms with E-state index < -0.39 is 5.97 Å². The number of piperidine rings is 1. The van der Waals surface area contributed by atoms with Gasteiger partial charge >= 0.3 is 5.97 Å². The summed E-state index contributed by atoms with van der Waals surface area (Å²) in [7, 11) is 1.96. The Morgan fingerprint density at radius 2 is 2.10 bits per heavy atom. The van der Waals surface area contributed by atoms with E-state index in [0.717, 1.165) is 29.5 Å².